The number of rotatable bonds is 5. The lowest BCUT2D eigenvalue weighted by Gasteiger charge is -2.04. The molecule has 1 amide bonds. The lowest BCUT2D eigenvalue weighted by molar-refractivity contribution is -0.131. The molecule has 0 unspecified atom stereocenters. The number of nitrogen functional groups attached to an aromatic ring is 1. The van der Waals surface area contributed by atoms with Crippen LogP contribution in [0, 0.1) is 0 Å². The number of anilines is 2. The van der Waals surface area contributed by atoms with Crippen LogP contribution in [0.15, 0.2) is 71.8 Å². The van der Waals surface area contributed by atoms with Crippen LogP contribution < -0.4 is 11.1 Å². The summed E-state index contributed by atoms with van der Waals surface area (Å²) < 4.78 is 9.09. The van der Waals surface area contributed by atoms with Gasteiger partial charge in [0.1, 0.15) is 0 Å². The molecule has 2 aromatic rings. The number of benzene rings is 2. The number of allylic oxidation sites excluding steroid dienone is 2. The number of carbonyl (C=O) groups is 4. The highest BCUT2D eigenvalue weighted by Crippen LogP contribution is 2.12. The van der Waals surface area contributed by atoms with Gasteiger partial charge in [-0.2, -0.15) is 0 Å². The van der Waals surface area contributed by atoms with Gasteiger partial charge < -0.3 is 25.6 Å². The molecule has 0 aromatic heterocycles. The molecule has 0 spiro atoms. The molecule has 36 heavy (non-hydrogen) atoms. The van der Waals surface area contributed by atoms with Crippen LogP contribution in [0.2, 0.25) is 0 Å². The standard InChI is InChI=1S/C13H15NO3.C8H9NO2.C5H8O2.CH4/c1-9(2)7-12(15)14-11-6-4-5-10(8-11)13(16)17-3;1-11-8(10)6-3-2-4-7(9)5-6;1-4(2)3-5(6)7;/h4-8H,1-3H3,(H,14,15);2-5H,9H2,1H3;3H,1-2H3,(H,6,7);1H4. The third-order valence-corrected chi connectivity index (χ3v) is 3.69. The molecular formula is C27H36N2O7. The van der Waals surface area contributed by atoms with Crippen LogP contribution in [0.4, 0.5) is 11.4 Å². The SMILES string of the molecule is C.CC(C)=CC(=O)O.COC(=O)c1cccc(N)c1.COC(=O)c1cccc(NC(=O)C=C(C)C)c1. The molecule has 0 heterocycles. The van der Waals surface area contributed by atoms with Gasteiger partial charge in [-0.1, -0.05) is 30.7 Å². The molecule has 2 aromatic carbocycles. The Morgan fingerprint density at radius 2 is 1.28 bits per heavy atom. The van der Waals surface area contributed by atoms with E-state index in [0.29, 0.717) is 22.5 Å². The van der Waals surface area contributed by atoms with E-state index in [-0.39, 0.29) is 19.3 Å². The van der Waals surface area contributed by atoms with Crippen LogP contribution >= 0.6 is 0 Å². The van der Waals surface area contributed by atoms with Crippen molar-refractivity contribution in [1.82, 2.24) is 0 Å². The molecule has 0 aliphatic rings. The first-order valence-corrected chi connectivity index (χ1v) is 10.4. The molecular weight excluding hydrogens is 464 g/mol. The summed E-state index contributed by atoms with van der Waals surface area (Å²) in [5, 5.41) is 10.7. The number of ether oxygens (including phenoxy) is 2. The number of aliphatic carboxylic acids is 1. The van der Waals surface area contributed by atoms with Crippen molar-refractivity contribution in [2.75, 3.05) is 25.3 Å². The third-order valence-electron chi connectivity index (χ3n) is 3.69. The van der Waals surface area contributed by atoms with E-state index >= 15 is 0 Å². The molecule has 0 bridgehead atoms. The van der Waals surface area contributed by atoms with Gasteiger partial charge in [0.05, 0.1) is 25.3 Å². The molecule has 4 N–H and O–H groups in total. The zero-order valence-electron chi connectivity index (χ0n) is 20.7. The van der Waals surface area contributed by atoms with Gasteiger partial charge in [-0.15, -0.1) is 0 Å². The number of carbonyl (C=O) groups excluding carboxylic acids is 3. The maximum Gasteiger partial charge on any atom is 0.337 e. The summed E-state index contributed by atoms with van der Waals surface area (Å²) in [5.41, 5.74) is 9.18. The van der Waals surface area contributed by atoms with Gasteiger partial charge in [0, 0.05) is 23.5 Å². The number of carboxylic acids is 1. The Balaban J connectivity index is 0. The monoisotopic (exact) mass is 500 g/mol. The molecule has 9 heteroatoms. The van der Waals surface area contributed by atoms with E-state index in [1.165, 1.54) is 26.4 Å². The highest BCUT2D eigenvalue weighted by atomic mass is 16.5. The second-order valence-corrected chi connectivity index (χ2v) is 7.46. The van der Waals surface area contributed by atoms with E-state index in [2.05, 4.69) is 14.8 Å². The molecule has 196 valence electrons. The molecule has 0 saturated heterocycles. The Morgan fingerprint density at radius 1 is 0.806 bits per heavy atom. The van der Waals surface area contributed by atoms with Gasteiger partial charge in [0.15, 0.2) is 0 Å². The van der Waals surface area contributed by atoms with Gasteiger partial charge >= 0.3 is 17.9 Å². The second kappa shape index (κ2) is 18.0. The Kier molecular flexibility index (Phi) is 16.9. The lowest BCUT2D eigenvalue weighted by Crippen LogP contribution is -2.09. The summed E-state index contributed by atoms with van der Waals surface area (Å²) in [5.74, 6) is -1.88. The minimum Gasteiger partial charge on any atom is -0.478 e. The van der Waals surface area contributed by atoms with Crippen LogP contribution in [-0.4, -0.2) is 43.1 Å². The number of methoxy groups -OCH3 is 2. The predicted molar refractivity (Wildman–Crippen MR) is 142 cm³/mol. The highest BCUT2D eigenvalue weighted by molar-refractivity contribution is 6.00. The largest absolute Gasteiger partial charge is 0.478 e. The number of carboxylic acid groups (broad SMARTS) is 1. The van der Waals surface area contributed by atoms with E-state index in [0.717, 1.165) is 11.1 Å². The van der Waals surface area contributed by atoms with Gasteiger partial charge in [-0.25, -0.2) is 14.4 Å². The summed E-state index contributed by atoms with van der Waals surface area (Å²) in [7, 11) is 2.66. The minimum absolute atomic E-state index is 0. The number of hydrogen-bond acceptors (Lipinski definition) is 7. The van der Waals surface area contributed by atoms with E-state index < -0.39 is 11.9 Å². The quantitative estimate of drug-likeness (QED) is 0.292. The summed E-state index contributed by atoms with van der Waals surface area (Å²) >= 11 is 0. The Labute approximate surface area is 212 Å². The van der Waals surface area contributed by atoms with Crippen LogP contribution in [0.25, 0.3) is 0 Å². The Hall–Kier alpha value is -4.40. The Morgan fingerprint density at radius 3 is 1.67 bits per heavy atom. The van der Waals surface area contributed by atoms with Crippen LogP contribution in [0.1, 0.15) is 55.8 Å². The fourth-order valence-electron chi connectivity index (χ4n) is 2.31. The van der Waals surface area contributed by atoms with Gasteiger partial charge in [-0.05, 0) is 64.1 Å². The second-order valence-electron chi connectivity index (χ2n) is 7.46. The van der Waals surface area contributed by atoms with Gasteiger partial charge in [0.2, 0.25) is 5.91 Å². The van der Waals surface area contributed by atoms with Crippen molar-refractivity contribution in [3.05, 3.63) is 83.0 Å². The van der Waals surface area contributed by atoms with Crippen LogP contribution in [-0.2, 0) is 19.1 Å². The molecule has 0 atom stereocenters. The number of nitrogens with two attached hydrogens (primary N) is 1. The van der Waals surface area contributed by atoms with Crippen LogP contribution in [0.3, 0.4) is 0 Å². The number of amides is 1. The zero-order valence-corrected chi connectivity index (χ0v) is 20.7. The fourth-order valence-corrected chi connectivity index (χ4v) is 2.31. The first kappa shape index (κ1) is 33.8. The van der Waals surface area contributed by atoms with Crippen molar-refractivity contribution < 1.29 is 33.8 Å². The predicted octanol–water partition coefficient (Wildman–Crippen LogP) is 5.11. The van der Waals surface area contributed by atoms with E-state index in [1.807, 2.05) is 13.8 Å². The zero-order chi connectivity index (χ0) is 27.0. The summed E-state index contributed by atoms with van der Waals surface area (Å²) in [4.78, 5) is 43.4. The molecule has 0 saturated carbocycles. The van der Waals surface area contributed by atoms with E-state index in [1.54, 1.807) is 62.4 Å². The van der Waals surface area contributed by atoms with Gasteiger partial charge in [0.25, 0.3) is 0 Å². The summed E-state index contributed by atoms with van der Waals surface area (Å²) in [6.07, 6.45) is 2.66. The summed E-state index contributed by atoms with van der Waals surface area (Å²) in [6, 6.07) is 13.3. The third kappa shape index (κ3) is 15.4. The minimum atomic E-state index is -0.875. The van der Waals surface area contributed by atoms with E-state index in [9.17, 15) is 19.2 Å². The number of nitrogens with one attached hydrogen (secondary N) is 1. The average molecular weight is 501 g/mol. The first-order chi connectivity index (χ1) is 16.4. The van der Waals surface area contributed by atoms with Crippen molar-refractivity contribution in [2.45, 2.75) is 35.1 Å². The van der Waals surface area contributed by atoms with Crippen molar-refractivity contribution in [2.24, 2.45) is 0 Å². The molecule has 0 aliphatic heterocycles. The topological polar surface area (TPSA) is 145 Å². The van der Waals surface area contributed by atoms with Crippen molar-refractivity contribution in [1.29, 1.82) is 0 Å². The fraction of sp³-hybridized carbons (Fsp3) is 0.259. The van der Waals surface area contributed by atoms with Crippen molar-refractivity contribution in [3.8, 4) is 0 Å². The lowest BCUT2D eigenvalue weighted by atomic mass is 10.2. The van der Waals surface area contributed by atoms with E-state index in [4.69, 9.17) is 10.8 Å². The smallest absolute Gasteiger partial charge is 0.337 e. The Bertz CT molecular complexity index is 1080. The van der Waals surface area contributed by atoms with Crippen LogP contribution in [0.5, 0.6) is 0 Å². The first-order valence-electron chi connectivity index (χ1n) is 10.4. The highest BCUT2D eigenvalue weighted by Gasteiger charge is 2.06. The number of esters is 2. The van der Waals surface area contributed by atoms with Crippen molar-refractivity contribution in [3.63, 3.8) is 0 Å². The molecule has 9 nitrogen and oxygen atoms in total. The number of hydrogen-bond donors (Lipinski definition) is 3. The van der Waals surface area contributed by atoms with Crippen molar-refractivity contribution >= 4 is 35.2 Å². The molecule has 0 fully saturated rings. The van der Waals surface area contributed by atoms with Gasteiger partial charge in [-0.3, -0.25) is 4.79 Å². The normalized spacial score (nSPS) is 8.72. The molecule has 0 aliphatic carbocycles. The maximum atomic E-state index is 11.5. The average Bonchev–Trinajstić information content (AvgIpc) is 2.77. The molecule has 2 rings (SSSR count). The summed E-state index contributed by atoms with van der Waals surface area (Å²) in [6.45, 7) is 7.16. The molecule has 0 radical (unpaired) electrons. The maximum absolute atomic E-state index is 11.5.